The molecule has 0 saturated heterocycles. The second-order valence-corrected chi connectivity index (χ2v) is 5.87. The molecule has 0 aliphatic carbocycles. The van der Waals surface area contributed by atoms with Crippen molar-refractivity contribution in [2.75, 3.05) is 0 Å². The van der Waals surface area contributed by atoms with Crippen molar-refractivity contribution < 1.29 is 17.2 Å². The molecule has 0 heterocycles. The van der Waals surface area contributed by atoms with Crippen molar-refractivity contribution in [1.29, 1.82) is 0 Å². The Bertz CT molecular complexity index is 447. The van der Waals surface area contributed by atoms with Crippen LogP contribution >= 0.6 is 26.6 Å². The fourth-order valence-corrected chi connectivity index (χ4v) is 2.52. The lowest BCUT2D eigenvalue weighted by Gasteiger charge is -2.05. The highest BCUT2D eigenvalue weighted by Crippen LogP contribution is 2.30. The van der Waals surface area contributed by atoms with Crippen LogP contribution in [0.5, 0.6) is 0 Å². The van der Waals surface area contributed by atoms with Gasteiger partial charge in [-0.3, -0.25) is 0 Å². The van der Waals surface area contributed by atoms with E-state index in [2.05, 4.69) is 15.9 Å². The summed E-state index contributed by atoms with van der Waals surface area (Å²) in [5.74, 6) is 0. The van der Waals surface area contributed by atoms with Crippen LogP contribution in [0.2, 0.25) is 0 Å². The van der Waals surface area contributed by atoms with Gasteiger partial charge in [-0.05, 0) is 12.1 Å². The van der Waals surface area contributed by atoms with Crippen molar-refractivity contribution in [1.82, 2.24) is 0 Å². The molecule has 78 valence electrons. The van der Waals surface area contributed by atoms with E-state index in [1.165, 1.54) is 6.07 Å². The third-order valence-corrected chi connectivity index (χ3v) is 3.34. The van der Waals surface area contributed by atoms with Crippen LogP contribution < -0.4 is 0 Å². The molecule has 1 rings (SSSR count). The normalized spacial score (nSPS) is 12.1. The van der Waals surface area contributed by atoms with E-state index < -0.39 is 25.9 Å². The zero-order chi connectivity index (χ0) is 10.9. The van der Waals surface area contributed by atoms with E-state index in [4.69, 9.17) is 10.7 Å². The van der Waals surface area contributed by atoms with E-state index in [-0.39, 0.29) is 0 Å². The Balaban J connectivity index is 3.46. The topological polar surface area (TPSA) is 34.1 Å². The minimum absolute atomic E-state index is 0.376. The van der Waals surface area contributed by atoms with E-state index in [1.54, 1.807) is 0 Å². The summed E-state index contributed by atoms with van der Waals surface area (Å²) >= 11 is 2.97. The van der Waals surface area contributed by atoms with Gasteiger partial charge >= 0.3 is 0 Å². The van der Waals surface area contributed by atoms with Gasteiger partial charge in [-0.1, -0.05) is 22.0 Å². The fourth-order valence-electron chi connectivity index (χ4n) is 0.900. The lowest BCUT2D eigenvalue weighted by atomic mass is 10.2. The molecule has 0 radical (unpaired) electrons. The van der Waals surface area contributed by atoms with Crippen LogP contribution in [0.25, 0.3) is 0 Å². The van der Waals surface area contributed by atoms with Crippen molar-refractivity contribution in [2.24, 2.45) is 0 Å². The molecule has 0 amide bonds. The summed E-state index contributed by atoms with van der Waals surface area (Å²) in [6.07, 6.45) is -2.87. The van der Waals surface area contributed by atoms with E-state index >= 15 is 0 Å². The summed E-state index contributed by atoms with van der Waals surface area (Å²) in [6.45, 7) is 0. The molecule has 7 heteroatoms. The first-order valence-corrected chi connectivity index (χ1v) is 6.45. The molecule has 0 bridgehead atoms. The number of benzene rings is 1. The molecule has 14 heavy (non-hydrogen) atoms. The summed E-state index contributed by atoms with van der Waals surface area (Å²) in [5, 5.41) is 0. The fraction of sp³-hybridized carbons (Fsp3) is 0.143. The van der Waals surface area contributed by atoms with Crippen LogP contribution in [0.3, 0.4) is 0 Å². The molecule has 0 aromatic heterocycles. The maximum Gasteiger partial charge on any atom is 0.265 e. The van der Waals surface area contributed by atoms with Crippen molar-refractivity contribution in [3.05, 3.63) is 28.2 Å². The minimum atomic E-state index is -4.14. The van der Waals surface area contributed by atoms with E-state index in [9.17, 15) is 17.2 Å². The number of hydrogen-bond acceptors (Lipinski definition) is 2. The lowest BCUT2D eigenvalue weighted by molar-refractivity contribution is 0.148. The van der Waals surface area contributed by atoms with Gasteiger partial charge in [0.1, 0.15) is 0 Å². The predicted octanol–water partition coefficient (Wildman–Crippen LogP) is 3.31. The minimum Gasteiger partial charge on any atom is -0.207 e. The van der Waals surface area contributed by atoms with Gasteiger partial charge in [0.05, 0.1) is 4.90 Å². The van der Waals surface area contributed by atoms with E-state index in [0.29, 0.717) is 4.47 Å². The Hall–Kier alpha value is -0.200. The van der Waals surface area contributed by atoms with Crippen LogP contribution in [0.1, 0.15) is 12.0 Å². The Labute approximate surface area is 92.4 Å². The second kappa shape index (κ2) is 4.12. The Morgan fingerprint density at radius 1 is 1.36 bits per heavy atom. The standard InChI is InChI=1S/C7H4BrClF2O2S/c8-4-1-2-5(7(10)11)6(3-4)14(9,12)13/h1-3,7H. The molecule has 1 aromatic rings. The quantitative estimate of drug-likeness (QED) is 0.786. The molecular formula is C7H4BrClF2O2S. The molecule has 0 atom stereocenters. The maximum atomic E-state index is 12.4. The van der Waals surface area contributed by atoms with Crippen molar-refractivity contribution in [3.63, 3.8) is 0 Å². The van der Waals surface area contributed by atoms with Gasteiger partial charge in [0.2, 0.25) is 0 Å². The number of alkyl halides is 2. The summed E-state index contributed by atoms with van der Waals surface area (Å²) in [5.41, 5.74) is -0.594. The van der Waals surface area contributed by atoms with Gasteiger partial charge in [0, 0.05) is 20.7 Å². The van der Waals surface area contributed by atoms with Crippen LogP contribution in [0, 0.1) is 0 Å². The molecule has 1 aromatic carbocycles. The molecule has 2 nitrogen and oxygen atoms in total. The Morgan fingerprint density at radius 3 is 2.36 bits per heavy atom. The smallest absolute Gasteiger partial charge is 0.207 e. The van der Waals surface area contributed by atoms with E-state index in [1.807, 2.05) is 0 Å². The predicted molar refractivity (Wildman–Crippen MR) is 52.1 cm³/mol. The number of halogens is 4. The SMILES string of the molecule is O=S(=O)(Cl)c1cc(Br)ccc1C(F)F. The molecule has 0 saturated carbocycles. The second-order valence-electron chi connectivity index (χ2n) is 2.42. The maximum absolute atomic E-state index is 12.4. The average molecular weight is 306 g/mol. The summed E-state index contributed by atoms with van der Waals surface area (Å²) < 4.78 is 46.9. The largest absolute Gasteiger partial charge is 0.265 e. The first kappa shape index (κ1) is 11.9. The highest BCUT2D eigenvalue weighted by molar-refractivity contribution is 9.10. The third kappa shape index (κ3) is 2.65. The lowest BCUT2D eigenvalue weighted by Crippen LogP contribution is -1.98. The molecule has 0 unspecified atom stereocenters. The molecule has 0 fully saturated rings. The highest BCUT2D eigenvalue weighted by Gasteiger charge is 2.21. The van der Waals surface area contributed by atoms with Gasteiger partial charge in [-0.15, -0.1) is 0 Å². The van der Waals surface area contributed by atoms with Crippen molar-refractivity contribution in [3.8, 4) is 0 Å². The molecule has 0 N–H and O–H groups in total. The molecule has 0 aliphatic rings. The van der Waals surface area contributed by atoms with Gasteiger partial charge in [-0.25, -0.2) is 17.2 Å². The van der Waals surface area contributed by atoms with Crippen LogP contribution in [-0.2, 0) is 9.05 Å². The Morgan fingerprint density at radius 2 is 1.93 bits per heavy atom. The van der Waals surface area contributed by atoms with Crippen LogP contribution in [0.4, 0.5) is 8.78 Å². The molecule has 0 spiro atoms. The summed E-state index contributed by atoms with van der Waals surface area (Å²) in [7, 11) is 0.859. The number of rotatable bonds is 2. The third-order valence-electron chi connectivity index (χ3n) is 1.47. The van der Waals surface area contributed by atoms with Crippen LogP contribution in [0.15, 0.2) is 27.6 Å². The first-order chi connectivity index (χ1) is 6.32. The Kier molecular flexibility index (Phi) is 3.49. The first-order valence-electron chi connectivity index (χ1n) is 3.34. The van der Waals surface area contributed by atoms with Gasteiger partial charge < -0.3 is 0 Å². The highest BCUT2D eigenvalue weighted by atomic mass is 79.9. The average Bonchev–Trinajstić information content (AvgIpc) is 2.01. The van der Waals surface area contributed by atoms with Gasteiger partial charge in [0.15, 0.2) is 0 Å². The zero-order valence-corrected chi connectivity index (χ0v) is 9.70. The van der Waals surface area contributed by atoms with Crippen molar-refractivity contribution >= 4 is 35.7 Å². The zero-order valence-electron chi connectivity index (χ0n) is 6.55. The summed E-state index contributed by atoms with van der Waals surface area (Å²) in [6, 6.07) is 3.39. The summed E-state index contributed by atoms with van der Waals surface area (Å²) in [4.78, 5) is -0.566. The van der Waals surface area contributed by atoms with Crippen molar-refractivity contribution in [2.45, 2.75) is 11.3 Å². The van der Waals surface area contributed by atoms with Crippen LogP contribution in [-0.4, -0.2) is 8.42 Å². The van der Waals surface area contributed by atoms with Gasteiger partial charge in [-0.2, -0.15) is 0 Å². The number of hydrogen-bond donors (Lipinski definition) is 0. The van der Waals surface area contributed by atoms with Gasteiger partial charge in [0.25, 0.3) is 15.5 Å². The molecule has 0 aliphatic heterocycles. The monoisotopic (exact) mass is 304 g/mol. The molecular weight excluding hydrogens is 301 g/mol. The van der Waals surface area contributed by atoms with E-state index in [0.717, 1.165) is 12.1 Å².